The largest absolute Gasteiger partial charge is 0.460 e. The normalized spacial score (nSPS) is 10.8. The number of nitrogens with two attached hydrogens (primary N) is 1. The quantitative estimate of drug-likeness (QED) is 0.762. The van der Waals surface area contributed by atoms with Gasteiger partial charge in [0.2, 0.25) is 0 Å². The van der Waals surface area contributed by atoms with Crippen LogP contribution in [-0.4, -0.2) is 9.78 Å². The van der Waals surface area contributed by atoms with Crippen LogP contribution in [0.15, 0.2) is 46.9 Å². The van der Waals surface area contributed by atoms with E-state index in [-0.39, 0.29) is 0 Å². The lowest BCUT2D eigenvalue weighted by atomic mass is 10.0. The molecular formula is C15H15N3O. The van der Waals surface area contributed by atoms with Crippen molar-refractivity contribution in [2.45, 2.75) is 6.92 Å². The Hall–Kier alpha value is -2.49. The fourth-order valence-corrected chi connectivity index (χ4v) is 2.16. The molecule has 2 N–H and O–H groups in total. The lowest BCUT2D eigenvalue weighted by Crippen LogP contribution is -1.97. The van der Waals surface area contributed by atoms with Crippen LogP contribution in [0.4, 0.5) is 5.82 Å². The SMILES string of the molecule is Cc1ccc(-c2nn(C)c(N)c2-c2ccccc2)o1. The zero-order valence-electron chi connectivity index (χ0n) is 10.9. The Morgan fingerprint density at radius 1 is 1.11 bits per heavy atom. The van der Waals surface area contributed by atoms with Gasteiger partial charge >= 0.3 is 0 Å². The molecule has 0 spiro atoms. The number of rotatable bonds is 2. The zero-order chi connectivity index (χ0) is 13.4. The molecule has 0 radical (unpaired) electrons. The summed E-state index contributed by atoms with van der Waals surface area (Å²) in [5.41, 5.74) is 8.87. The van der Waals surface area contributed by atoms with Crippen LogP contribution >= 0.6 is 0 Å². The minimum atomic E-state index is 0.634. The Labute approximate surface area is 111 Å². The topological polar surface area (TPSA) is 57.0 Å². The summed E-state index contributed by atoms with van der Waals surface area (Å²) in [6.07, 6.45) is 0. The van der Waals surface area contributed by atoms with Crippen LogP contribution in [-0.2, 0) is 7.05 Å². The molecule has 19 heavy (non-hydrogen) atoms. The second-order valence-electron chi connectivity index (χ2n) is 4.51. The highest BCUT2D eigenvalue weighted by Gasteiger charge is 2.19. The van der Waals surface area contributed by atoms with Gasteiger partial charge in [-0.05, 0) is 24.6 Å². The van der Waals surface area contributed by atoms with E-state index in [0.29, 0.717) is 5.82 Å². The first-order valence-electron chi connectivity index (χ1n) is 6.11. The Morgan fingerprint density at radius 2 is 1.84 bits per heavy atom. The lowest BCUT2D eigenvalue weighted by molar-refractivity contribution is 0.545. The molecule has 0 bridgehead atoms. The van der Waals surface area contributed by atoms with E-state index in [1.807, 2.05) is 56.4 Å². The molecule has 0 fully saturated rings. The molecule has 0 aliphatic carbocycles. The molecule has 0 atom stereocenters. The molecule has 3 rings (SSSR count). The first-order chi connectivity index (χ1) is 9.16. The van der Waals surface area contributed by atoms with E-state index in [1.165, 1.54) is 0 Å². The van der Waals surface area contributed by atoms with Crippen molar-refractivity contribution in [3.63, 3.8) is 0 Å². The Kier molecular flexibility index (Phi) is 2.63. The van der Waals surface area contributed by atoms with E-state index in [0.717, 1.165) is 28.3 Å². The third-order valence-corrected chi connectivity index (χ3v) is 3.13. The second-order valence-corrected chi connectivity index (χ2v) is 4.51. The highest BCUT2D eigenvalue weighted by Crippen LogP contribution is 2.36. The number of benzene rings is 1. The maximum Gasteiger partial charge on any atom is 0.155 e. The van der Waals surface area contributed by atoms with Gasteiger partial charge in [-0.15, -0.1) is 0 Å². The van der Waals surface area contributed by atoms with Gasteiger partial charge in [-0.25, -0.2) is 0 Å². The fourth-order valence-electron chi connectivity index (χ4n) is 2.16. The van der Waals surface area contributed by atoms with E-state index >= 15 is 0 Å². The molecule has 4 nitrogen and oxygen atoms in total. The van der Waals surface area contributed by atoms with Crippen molar-refractivity contribution in [3.8, 4) is 22.6 Å². The Morgan fingerprint density at radius 3 is 2.47 bits per heavy atom. The molecule has 0 aliphatic rings. The highest BCUT2D eigenvalue weighted by atomic mass is 16.3. The average Bonchev–Trinajstić information content (AvgIpc) is 2.96. The molecule has 0 saturated carbocycles. The van der Waals surface area contributed by atoms with Crippen molar-refractivity contribution in [3.05, 3.63) is 48.2 Å². The zero-order valence-corrected chi connectivity index (χ0v) is 10.9. The minimum absolute atomic E-state index is 0.634. The number of hydrogen-bond acceptors (Lipinski definition) is 3. The summed E-state index contributed by atoms with van der Waals surface area (Å²) in [5.74, 6) is 2.23. The van der Waals surface area contributed by atoms with Crippen LogP contribution in [0.2, 0.25) is 0 Å². The molecule has 2 aromatic heterocycles. The van der Waals surface area contributed by atoms with Gasteiger partial charge in [0.1, 0.15) is 17.3 Å². The molecular weight excluding hydrogens is 238 g/mol. The minimum Gasteiger partial charge on any atom is -0.460 e. The first kappa shape index (κ1) is 11.6. The number of aryl methyl sites for hydroxylation is 2. The number of nitrogens with zero attached hydrogens (tertiary/aromatic N) is 2. The van der Waals surface area contributed by atoms with Crippen molar-refractivity contribution in [2.24, 2.45) is 7.05 Å². The molecule has 2 heterocycles. The smallest absolute Gasteiger partial charge is 0.155 e. The molecule has 1 aromatic carbocycles. The van der Waals surface area contributed by atoms with Crippen molar-refractivity contribution >= 4 is 5.82 Å². The summed E-state index contributed by atoms with van der Waals surface area (Å²) < 4.78 is 7.34. The molecule has 4 heteroatoms. The van der Waals surface area contributed by atoms with Crippen molar-refractivity contribution in [1.29, 1.82) is 0 Å². The summed E-state index contributed by atoms with van der Waals surface area (Å²) in [6, 6.07) is 13.8. The van der Waals surface area contributed by atoms with E-state index < -0.39 is 0 Å². The standard InChI is InChI=1S/C15H15N3O/c1-10-8-9-12(19-10)14-13(15(16)18(2)17-14)11-6-4-3-5-7-11/h3-9H,16H2,1-2H3. The summed E-state index contributed by atoms with van der Waals surface area (Å²) in [6.45, 7) is 1.91. The maximum atomic E-state index is 6.14. The summed E-state index contributed by atoms with van der Waals surface area (Å²) in [5, 5.41) is 4.47. The molecule has 0 amide bonds. The molecule has 96 valence electrons. The first-order valence-corrected chi connectivity index (χ1v) is 6.11. The predicted molar refractivity (Wildman–Crippen MR) is 75.5 cm³/mol. The van der Waals surface area contributed by atoms with Crippen LogP contribution in [0.25, 0.3) is 22.6 Å². The van der Waals surface area contributed by atoms with Gasteiger partial charge in [0.15, 0.2) is 5.76 Å². The van der Waals surface area contributed by atoms with Crippen LogP contribution in [0, 0.1) is 6.92 Å². The van der Waals surface area contributed by atoms with Crippen LogP contribution in [0.1, 0.15) is 5.76 Å². The molecule has 0 saturated heterocycles. The van der Waals surface area contributed by atoms with Crippen molar-refractivity contribution in [1.82, 2.24) is 9.78 Å². The third kappa shape index (κ3) is 1.91. The van der Waals surface area contributed by atoms with Gasteiger partial charge in [0.05, 0.1) is 5.56 Å². The fraction of sp³-hybridized carbons (Fsp3) is 0.133. The maximum absolute atomic E-state index is 6.14. The average molecular weight is 253 g/mol. The lowest BCUT2D eigenvalue weighted by Gasteiger charge is -2.02. The van der Waals surface area contributed by atoms with Crippen LogP contribution in [0.5, 0.6) is 0 Å². The van der Waals surface area contributed by atoms with Crippen molar-refractivity contribution < 1.29 is 4.42 Å². The van der Waals surface area contributed by atoms with E-state index in [4.69, 9.17) is 10.2 Å². The number of hydrogen-bond donors (Lipinski definition) is 1. The third-order valence-electron chi connectivity index (χ3n) is 3.13. The van der Waals surface area contributed by atoms with E-state index in [2.05, 4.69) is 5.10 Å². The van der Waals surface area contributed by atoms with Gasteiger partial charge in [0.25, 0.3) is 0 Å². The van der Waals surface area contributed by atoms with E-state index in [1.54, 1.807) is 4.68 Å². The van der Waals surface area contributed by atoms with Gasteiger partial charge in [-0.2, -0.15) is 5.10 Å². The van der Waals surface area contributed by atoms with Crippen molar-refractivity contribution in [2.75, 3.05) is 5.73 Å². The number of furan rings is 1. The number of nitrogen functional groups attached to an aromatic ring is 1. The van der Waals surface area contributed by atoms with Gasteiger partial charge in [-0.3, -0.25) is 4.68 Å². The Balaban J connectivity index is 2.24. The van der Waals surface area contributed by atoms with Gasteiger partial charge in [-0.1, -0.05) is 30.3 Å². The Bertz CT molecular complexity index is 710. The van der Waals surface area contributed by atoms with E-state index in [9.17, 15) is 0 Å². The monoisotopic (exact) mass is 253 g/mol. The summed E-state index contributed by atoms with van der Waals surface area (Å²) in [4.78, 5) is 0. The highest BCUT2D eigenvalue weighted by molar-refractivity contribution is 5.86. The van der Waals surface area contributed by atoms with Crippen LogP contribution < -0.4 is 5.73 Å². The van der Waals surface area contributed by atoms with Gasteiger partial charge in [0, 0.05) is 7.05 Å². The molecule has 3 aromatic rings. The predicted octanol–water partition coefficient (Wildman–Crippen LogP) is 3.24. The van der Waals surface area contributed by atoms with Gasteiger partial charge < -0.3 is 10.2 Å². The molecule has 0 aliphatic heterocycles. The molecule has 0 unspecified atom stereocenters. The number of aromatic nitrogens is 2. The second kappa shape index (κ2) is 4.31. The number of anilines is 1. The summed E-state index contributed by atoms with van der Waals surface area (Å²) in [7, 11) is 1.83. The summed E-state index contributed by atoms with van der Waals surface area (Å²) >= 11 is 0. The van der Waals surface area contributed by atoms with Crippen LogP contribution in [0.3, 0.4) is 0 Å².